The molecule has 4 rings (SSSR count). The van der Waals surface area contributed by atoms with Gasteiger partial charge in [0, 0.05) is 47.9 Å². The number of imidazole rings is 1. The van der Waals surface area contributed by atoms with Crippen LogP contribution >= 0.6 is 11.8 Å². The summed E-state index contributed by atoms with van der Waals surface area (Å²) >= 11 is 1.52. The minimum atomic E-state index is -4.50. The van der Waals surface area contributed by atoms with Gasteiger partial charge in [-0.25, -0.2) is 4.98 Å². The van der Waals surface area contributed by atoms with E-state index in [1.807, 2.05) is 13.0 Å². The third-order valence-corrected chi connectivity index (χ3v) is 5.90. The van der Waals surface area contributed by atoms with Crippen molar-refractivity contribution in [3.05, 3.63) is 64.9 Å². The second kappa shape index (κ2) is 7.16. The van der Waals surface area contributed by atoms with Crippen LogP contribution in [0.1, 0.15) is 22.5 Å². The van der Waals surface area contributed by atoms with Crippen molar-refractivity contribution >= 4 is 11.8 Å². The molecule has 6 nitrogen and oxygen atoms in total. The number of rotatable bonds is 5. The first-order chi connectivity index (χ1) is 13.3. The van der Waals surface area contributed by atoms with Gasteiger partial charge in [-0.2, -0.15) is 23.0 Å². The lowest BCUT2D eigenvalue weighted by atomic mass is 10.1. The third-order valence-electron chi connectivity index (χ3n) is 4.64. The number of alkyl halides is 3. The molecule has 0 saturated heterocycles. The molecule has 0 bridgehead atoms. The predicted octanol–water partition coefficient (Wildman–Crippen LogP) is 3.00. The molecule has 1 aliphatic rings. The van der Waals surface area contributed by atoms with Gasteiger partial charge in [-0.05, 0) is 19.4 Å². The molecule has 4 heterocycles. The van der Waals surface area contributed by atoms with Crippen LogP contribution in [0.25, 0.3) is 0 Å². The average Bonchev–Trinajstić information content (AvgIpc) is 3.31. The zero-order chi connectivity index (χ0) is 19.9. The van der Waals surface area contributed by atoms with Crippen LogP contribution in [0.3, 0.4) is 0 Å². The summed E-state index contributed by atoms with van der Waals surface area (Å²) in [6.07, 6.45) is 4.09. The summed E-state index contributed by atoms with van der Waals surface area (Å²) in [7, 11) is 0. The largest absolute Gasteiger partial charge is 0.618 e. The van der Waals surface area contributed by atoms with Crippen LogP contribution in [0, 0.1) is 12.1 Å². The summed E-state index contributed by atoms with van der Waals surface area (Å²) in [5.41, 5.74) is 0.852. The van der Waals surface area contributed by atoms with E-state index in [1.54, 1.807) is 23.3 Å². The Morgan fingerprint density at radius 2 is 2.21 bits per heavy atom. The standard InChI is InChI=1S/C18H18F3N5OS/c1-12-6-16-15(26(27)8-12)7-14(28-16)10-25-9-13(17(23-25)18(19,20)21)2-4-24-5-3-22-11-24/h3,5-6,8-9,11,14H,2,4,7,10H2,1H3. The number of aromatic nitrogens is 5. The van der Waals surface area contributed by atoms with Gasteiger partial charge < -0.3 is 9.77 Å². The van der Waals surface area contributed by atoms with Crippen LogP contribution in [0.15, 0.2) is 42.1 Å². The van der Waals surface area contributed by atoms with Gasteiger partial charge in [0.15, 0.2) is 11.9 Å². The first-order valence-corrected chi connectivity index (χ1v) is 9.66. The summed E-state index contributed by atoms with van der Waals surface area (Å²) in [5.74, 6) is 0. The van der Waals surface area contributed by atoms with E-state index in [1.165, 1.54) is 28.8 Å². The normalized spacial score (nSPS) is 16.5. The molecule has 0 aliphatic carbocycles. The third kappa shape index (κ3) is 3.87. The number of aryl methyl sites for hydroxylation is 3. The fraction of sp³-hybridized carbons (Fsp3) is 0.389. The molecule has 1 aliphatic heterocycles. The first kappa shape index (κ1) is 18.9. The Kier molecular flexibility index (Phi) is 4.82. The lowest BCUT2D eigenvalue weighted by Crippen LogP contribution is -2.32. The van der Waals surface area contributed by atoms with Gasteiger partial charge in [-0.15, -0.1) is 11.8 Å². The predicted molar refractivity (Wildman–Crippen MR) is 96.6 cm³/mol. The van der Waals surface area contributed by atoms with Gasteiger partial charge in [-0.1, -0.05) is 0 Å². The van der Waals surface area contributed by atoms with Crippen LogP contribution in [-0.2, 0) is 32.1 Å². The summed E-state index contributed by atoms with van der Waals surface area (Å²) in [6.45, 7) is 2.55. The molecule has 0 fully saturated rings. The molecular weight excluding hydrogens is 391 g/mol. The highest BCUT2D eigenvalue weighted by Gasteiger charge is 2.37. The van der Waals surface area contributed by atoms with Gasteiger partial charge in [-0.3, -0.25) is 4.68 Å². The Hall–Kier alpha value is -2.49. The van der Waals surface area contributed by atoms with Gasteiger partial charge in [0.05, 0.1) is 17.8 Å². The van der Waals surface area contributed by atoms with E-state index in [0.29, 0.717) is 25.2 Å². The van der Waals surface area contributed by atoms with Crippen LogP contribution in [0.4, 0.5) is 13.2 Å². The van der Waals surface area contributed by atoms with Gasteiger partial charge in [0.2, 0.25) is 5.69 Å². The van der Waals surface area contributed by atoms with Crippen molar-refractivity contribution in [1.29, 1.82) is 0 Å². The van der Waals surface area contributed by atoms with E-state index >= 15 is 0 Å². The van der Waals surface area contributed by atoms with Gasteiger partial charge >= 0.3 is 6.18 Å². The molecule has 0 aromatic carbocycles. The van der Waals surface area contributed by atoms with Crippen molar-refractivity contribution in [2.75, 3.05) is 0 Å². The molecular formula is C18H18F3N5OS. The SMILES string of the molecule is Cc1cc2c([n+]([O-])c1)CC(Cn1cc(CCn3ccnc3)c(C(F)(F)F)n1)S2. The van der Waals surface area contributed by atoms with E-state index in [4.69, 9.17) is 0 Å². The number of hydrogen-bond acceptors (Lipinski definition) is 4. The number of thioether (sulfide) groups is 1. The number of halogens is 3. The Morgan fingerprint density at radius 3 is 2.93 bits per heavy atom. The van der Waals surface area contributed by atoms with E-state index in [-0.39, 0.29) is 17.2 Å². The smallest absolute Gasteiger partial charge is 0.435 e. The molecule has 28 heavy (non-hydrogen) atoms. The highest BCUT2D eigenvalue weighted by atomic mass is 32.2. The summed E-state index contributed by atoms with van der Waals surface area (Å²) in [4.78, 5) is 4.79. The highest BCUT2D eigenvalue weighted by Crippen LogP contribution is 2.37. The Balaban J connectivity index is 1.51. The fourth-order valence-electron chi connectivity index (χ4n) is 3.39. The first-order valence-electron chi connectivity index (χ1n) is 8.78. The molecule has 0 spiro atoms. The van der Waals surface area contributed by atoms with Gasteiger partial charge in [0.25, 0.3) is 0 Å². The van der Waals surface area contributed by atoms with E-state index < -0.39 is 11.9 Å². The Morgan fingerprint density at radius 1 is 1.39 bits per heavy atom. The molecule has 10 heteroatoms. The zero-order valence-corrected chi connectivity index (χ0v) is 15.9. The molecule has 0 saturated carbocycles. The number of fused-ring (bicyclic) bond motifs is 1. The molecule has 148 valence electrons. The van der Waals surface area contributed by atoms with E-state index in [2.05, 4.69) is 10.1 Å². The number of pyridine rings is 1. The average molecular weight is 409 g/mol. The number of hydrogen-bond donors (Lipinski definition) is 0. The van der Waals surface area contributed by atoms with E-state index in [9.17, 15) is 18.4 Å². The monoisotopic (exact) mass is 409 g/mol. The topological polar surface area (TPSA) is 62.6 Å². The van der Waals surface area contributed by atoms with Crippen molar-refractivity contribution in [3.8, 4) is 0 Å². The van der Waals surface area contributed by atoms with Crippen molar-refractivity contribution < 1.29 is 17.9 Å². The van der Waals surface area contributed by atoms with Crippen LogP contribution < -0.4 is 4.73 Å². The lowest BCUT2D eigenvalue weighted by Gasteiger charge is -2.07. The fourth-order valence-corrected chi connectivity index (χ4v) is 4.78. The molecule has 0 N–H and O–H groups in total. The summed E-state index contributed by atoms with van der Waals surface area (Å²) in [6, 6.07) is 1.94. The maximum atomic E-state index is 13.4. The van der Waals surface area contributed by atoms with Crippen LogP contribution in [0.2, 0.25) is 0 Å². The second-order valence-electron chi connectivity index (χ2n) is 6.87. The van der Waals surface area contributed by atoms with Crippen molar-refractivity contribution in [1.82, 2.24) is 19.3 Å². The Bertz CT molecular complexity index is 984. The van der Waals surface area contributed by atoms with E-state index in [0.717, 1.165) is 15.2 Å². The second-order valence-corrected chi connectivity index (χ2v) is 8.21. The maximum Gasteiger partial charge on any atom is 0.435 e. The molecule has 1 unspecified atom stereocenters. The van der Waals surface area contributed by atoms with Crippen molar-refractivity contribution in [3.63, 3.8) is 0 Å². The highest BCUT2D eigenvalue weighted by molar-refractivity contribution is 8.00. The van der Waals surface area contributed by atoms with Crippen molar-refractivity contribution in [2.24, 2.45) is 0 Å². The molecule has 1 atom stereocenters. The van der Waals surface area contributed by atoms with Crippen LogP contribution in [-0.4, -0.2) is 24.6 Å². The van der Waals surface area contributed by atoms with Crippen molar-refractivity contribution in [2.45, 2.75) is 49.2 Å². The quantitative estimate of drug-likeness (QED) is 0.480. The summed E-state index contributed by atoms with van der Waals surface area (Å²) < 4.78 is 44.2. The summed E-state index contributed by atoms with van der Waals surface area (Å²) in [5, 5.41) is 15.8. The van der Waals surface area contributed by atoms with Crippen LogP contribution in [0.5, 0.6) is 0 Å². The molecule has 0 amide bonds. The number of nitrogens with zero attached hydrogens (tertiary/aromatic N) is 5. The molecule has 0 radical (unpaired) electrons. The Labute approximate surface area is 163 Å². The molecule has 3 aromatic rings. The van der Waals surface area contributed by atoms with Gasteiger partial charge in [0.1, 0.15) is 0 Å². The maximum absolute atomic E-state index is 13.4. The minimum Gasteiger partial charge on any atom is -0.618 e. The minimum absolute atomic E-state index is 0.0283. The zero-order valence-electron chi connectivity index (χ0n) is 15.1. The molecule has 3 aromatic heterocycles. The lowest BCUT2D eigenvalue weighted by molar-refractivity contribution is -0.616.